The lowest BCUT2D eigenvalue weighted by Crippen LogP contribution is -2.01. The van der Waals surface area contributed by atoms with Crippen LogP contribution in [0.3, 0.4) is 0 Å². The third-order valence-corrected chi connectivity index (χ3v) is 3.60. The van der Waals surface area contributed by atoms with Crippen molar-refractivity contribution in [2.24, 2.45) is 0 Å². The van der Waals surface area contributed by atoms with Crippen molar-refractivity contribution in [3.8, 4) is 0 Å². The average Bonchev–Trinajstić information content (AvgIpc) is 2.37. The number of anilines is 1. The van der Waals surface area contributed by atoms with E-state index in [2.05, 4.69) is 48.1 Å². The number of aromatic nitrogens is 2. The van der Waals surface area contributed by atoms with Crippen LogP contribution >= 0.6 is 11.8 Å². The molecule has 0 spiro atoms. The minimum atomic E-state index is 0.557. The average molecular weight is 259 g/mol. The minimum absolute atomic E-state index is 0.557. The van der Waals surface area contributed by atoms with Gasteiger partial charge in [0.2, 0.25) is 0 Å². The van der Waals surface area contributed by atoms with E-state index >= 15 is 0 Å². The standard InChI is InChI=1S/C14H17N3S/c1-3-11-8-13(15)17-14(16-11)9-18-12-6-4-10(2)5-7-12/h4-8H,3,9H2,1-2H3,(H2,15,16,17). The molecule has 94 valence electrons. The Hall–Kier alpha value is -1.55. The van der Waals surface area contributed by atoms with Gasteiger partial charge in [0.25, 0.3) is 0 Å². The number of benzene rings is 1. The first-order chi connectivity index (χ1) is 8.67. The van der Waals surface area contributed by atoms with E-state index < -0.39 is 0 Å². The summed E-state index contributed by atoms with van der Waals surface area (Å²) >= 11 is 1.73. The molecule has 0 fully saturated rings. The lowest BCUT2D eigenvalue weighted by molar-refractivity contribution is 0.945. The third-order valence-electron chi connectivity index (χ3n) is 2.60. The summed E-state index contributed by atoms with van der Waals surface area (Å²) in [6, 6.07) is 10.3. The molecule has 0 aliphatic rings. The molecule has 0 aliphatic carbocycles. The highest BCUT2D eigenvalue weighted by Crippen LogP contribution is 2.22. The topological polar surface area (TPSA) is 51.8 Å². The summed E-state index contributed by atoms with van der Waals surface area (Å²) in [6.07, 6.45) is 0.884. The van der Waals surface area contributed by atoms with Crippen LogP contribution in [0.2, 0.25) is 0 Å². The van der Waals surface area contributed by atoms with Crippen LogP contribution < -0.4 is 5.73 Å². The first-order valence-corrected chi connectivity index (χ1v) is 6.97. The van der Waals surface area contributed by atoms with Crippen LogP contribution in [0.5, 0.6) is 0 Å². The van der Waals surface area contributed by atoms with Crippen LogP contribution in [0, 0.1) is 6.92 Å². The molecule has 0 unspecified atom stereocenters. The minimum Gasteiger partial charge on any atom is -0.384 e. The first kappa shape index (κ1) is 12.9. The van der Waals surface area contributed by atoms with E-state index in [9.17, 15) is 0 Å². The molecule has 1 aromatic carbocycles. The fourth-order valence-electron chi connectivity index (χ4n) is 1.60. The lowest BCUT2D eigenvalue weighted by Gasteiger charge is -2.04. The van der Waals surface area contributed by atoms with Crippen molar-refractivity contribution in [3.05, 3.63) is 47.4 Å². The maximum absolute atomic E-state index is 5.76. The summed E-state index contributed by atoms with van der Waals surface area (Å²) in [5.41, 5.74) is 8.04. The maximum atomic E-state index is 5.76. The van der Waals surface area contributed by atoms with Crippen LogP contribution in [-0.2, 0) is 12.2 Å². The van der Waals surface area contributed by atoms with Gasteiger partial charge in [0.05, 0.1) is 5.75 Å². The Labute approximate surface area is 112 Å². The van der Waals surface area contributed by atoms with E-state index in [-0.39, 0.29) is 0 Å². The third kappa shape index (κ3) is 3.47. The molecule has 0 bridgehead atoms. The van der Waals surface area contributed by atoms with Crippen molar-refractivity contribution < 1.29 is 0 Å². The molecule has 1 aromatic heterocycles. The Morgan fingerprint density at radius 3 is 2.56 bits per heavy atom. The lowest BCUT2D eigenvalue weighted by atomic mass is 10.2. The van der Waals surface area contributed by atoms with Crippen molar-refractivity contribution in [1.82, 2.24) is 9.97 Å². The molecule has 0 saturated carbocycles. The Morgan fingerprint density at radius 2 is 1.89 bits per heavy atom. The number of nitrogens with two attached hydrogens (primary N) is 1. The van der Waals surface area contributed by atoms with Crippen molar-refractivity contribution in [2.45, 2.75) is 30.9 Å². The van der Waals surface area contributed by atoms with Gasteiger partial charge in [-0.15, -0.1) is 11.8 Å². The SMILES string of the molecule is CCc1cc(N)nc(CSc2ccc(C)cc2)n1. The summed E-state index contributed by atoms with van der Waals surface area (Å²) in [5, 5.41) is 0. The summed E-state index contributed by atoms with van der Waals surface area (Å²) in [5.74, 6) is 2.11. The predicted molar refractivity (Wildman–Crippen MR) is 76.6 cm³/mol. The number of aryl methyl sites for hydroxylation is 2. The van der Waals surface area contributed by atoms with E-state index in [0.29, 0.717) is 5.82 Å². The van der Waals surface area contributed by atoms with Crippen LogP contribution in [0.25, 0.3) is 0 Å². The number of hydrogen-bond acceptors (Lipinski definition) is 4. The molecule has 4 heteroatoms. The van der Waals surface area contributed by atoms with Crippen molar-refractivity contribution >= 4 is 17.6 Å². The van der Waals surface area contributed by atoms with Gasteiger partial charge in [-0.25, -0.2) is 9.97 Å². The Bertz CT molecular complexity index is 523. The number of rotatable bonds is 4. The van der Waals surface area contributed by atoms with Crippen LogP contribution in [0.1, 0.15) is 24.0 Å². The van der Waals surface area contributed by atoms with Crippen molar-refractivity contribution in [3.63, 3.8) is 0 Å². The van der Waals surface area contributed by atoms with Gasteiger partial charge in [-0.05, 0) is 25.5 Å². The molecule has 0 aliphatic heterocycles. The fraction of sp³-hybridized carbons (Fsp3) is 0.286. The van der Waals surface area contributed by atoms with Gasteiger partial charge in [0.15, 0.2) is 0 Å². The second kappa shape index (κ2) is 5.87. The normalized spacial score (nSPS) is 10.6. The molecule has 1 heterocycles. The zero-order chi connectivity index (χ0) is 13.0. The van der Waals surface area contributed by atoms with Gasteiger partial charge in [0, 0.05) is 16.7 Å². The molecule has 18 heavy (non-hydrogen) atoms. The van der Waals surface area contributed by atoms with E-state index in [4.69, 9.17) is 5.73 Å². The van der Waals surface area contributed by atoms with Gasteiger partial charge in [-0.3, -0.25) is 0 Å². The predicted octanol–water partition coefficient (Wildman–Crippen LogP) is 3.22. The van der Waals surface area contributed by atoms with E-state index in [1.165, 1.54) is 10.5 Å². The van der Waals surface area contributed by atoms with E-state index in [0.717, 1.165) is 23.7 Å². The van der Waals surface area contributed by atoms with Crippen LogP contribution in [-0.4, -0.2) is 9.97 Å². The Morgan fingerprint density at radius 1 is 1.17 bits per heavy atom. The maximum Gasteiger partial charge on any atom is 0.141 e. The quantitative estimate of drug-likeness (QED) is 0.857. The van der Waals surface area contributed by atoms with Gasteiger partial charge >= 0.3 is 0 Å². The summed E-state index contributed by atoms with van der Waals surface area (Å²) in [4.78, 5) is 9.96. The second-order valence-corrected chi connectivity index (χ2v) is 5.20. The Kier molecular flexibility index (Phi) is 4.20. The zero-order valence-corrected chi connectivity index (χ0v) is 11.5. The van der Waals surface area contributed by atoms with E-state index in [1.54, 1.807) is 11.8 Å². The van der Waals surface area contributed by atoms with Gasteiger partial charge in [-0.2, -0.15) is 0 Å². The molecule has 2 aromatic rings. The highest BCUT2D eigenvalue weighted by atomic mass is 32.2. The summed E-state index contributed by atoms with van der Waals surface area (Å²) in [6.45, 7) is 4.15. The largest absolute Gasteiger partial charge is 0.384 e. The molecule has 0 atom stereocenters. The second-order valence-electron chi connectivity index (χ2n) is 4.16. The smallest absolute Gasteiger partial charge is 0.141 e. The highest BCUT2D eigenvalue weighted by molar-refractivity contribution is 7.98. The molecule has 0 saturated heterocycles. The summed E-state index contributed by atoms with van der Waals surface area (Å²) < 4.78 is 0. The number of nitrogens with zero attached hydrogens (tertiary/aromatic N) is 2. The number of hydrogen-bond donors (Lipinski definition) is 1. The molecule has 0 radical (unpaired) electrons. The summed E-state index contributed by atoms with van der Waals surface area (Å²) in [7, 11) is 0. The van der Waals surface area contributed by atoms with Gasteiger partial charge in [0.1, 0.15) is 11.6 Å². The monoisotopic (exact) mass is 259 g/mol. The van der Waals surface area contributed by atoms with E-state index in [1.807, 2.05) is 6.07 Å². The zero-order valence-electron chi connectivity index (χ0n) is 10.7. The Balaban J connectivity index is 2.05. The molecule has 3 nitrogen and oxygen atoms in total. The molecule has 0 amide bonds. The van der Waals surface area contributed by atoms with Crippen LogP contribution in [0.4, 0.5) is 5.82 Å². The van der Waals surface area contributed by atoms with Gasteiger partial charge < -0.3 is 5.73 Å². The van der Waals surface area contributed by atoms with Crippen molar-refractivity contribution in [1.29, 1.82) is 0 Å². The van der Waals surface area contributed by atoms with Crippen LogP contribution in [0.15, 0.2) is 35.2 Å². The number of nitrogen functional groups attached to an aromatic ring is 1. The highest BCUT2D eigenvalue weighted by Gasteiger charge is 2.03. The molecular formula is C14H17N3S. The number of thioether (sulfide) groups is 1. The molecular weight excluding hydrogens is 242 g/mol. The van der Waals surface area contributed by atoms with Gasteiger partial charge in [-0.1, -0.05) is 24.6 Å². The molecule has 2 N–H and O–H groups in total. The fourth-order valence-corrected chi connectivity index (χ4v) is 2.36. The van der Waals surface area contributed by atoms with Crippen molar-refractivity contribution in [2.75, 3.05) is 5.73 Å². The first-order valence-electron chi connectivity index (χ1n) is 5.99. The molecule has 2 rings (SSSR count).